The fraction of sp³-hybridized carbons (Fsp3) is 0.400. The number of benzene rings is 1. The van der Waals surface area contributed by atoms with Crippen LogP contribution in [0.3, 0.4) is 0 Å². The number of nitrogens with two attached hydrogens (primary N) is 1. The Labute approximate surface area is 132 Å². The zero-order valence-corrected chi connectivity index (χ0v) is 12.9. The third-order valence-corrected chi connectivity index (χ3v) is 4.10. The van der Waals surface area contributed by atoms with E-state index in [2.05, 4.69) is 10.1 Å². The zero-order valence-electron chi connectivity index (χ0n) is 12.9. The summed E-state index contributed by atoms with van der Waals surface area (Å²) >= 11 is 0. The number of carboxylic acids is 1. The van der Waals surface area contributed by atoms with E-state index in [1.165, 1.54) is 4.68 Å². The molecule has 1 aromatic carbocycles. The van der Waals surface area contributed by atoms with Gasteiger partial charge in [0, 0.05) is 5.92 Å². The maximum atomic E-state index is 11.4. The molecule has 2 atom stereocenters. The molecule has 1 aliphatic heterocycles. The Hall–Kier alpha value is -2.77. The number of ether oxygens (including phenoxy) is 2. The number of carboxylic acid groups (broad SMARTS) is 1. The van der Waals surface area contributed by atoms with E-state index in [9.17, 15) is 9.90 Å². The molecular formula is C15H18N4O4. The Balaban J connectivity index is 2.04. The van der Waals surface area contributed by atoms with E-state index in [0.29, 0.717) is 30.2 Å². The summed E-state index contributed by atoms with van der Waals surface area (Å²) in [6.45, 7) is 0. The van der Waals surface area contributed by atoms with E-state index < -0.39 is 12.0 Å². The van der Waals surface area contributed by atoms with Gasteiger partial charge in [0.05, 0.1) is 14.2 Å². The average Bonchev–Trinajstić information content (AvgIpc) is 2.94. The molecule has 0 radical (unpaired) electrons. The number of rotatable bonds is 4. The highest BCUT2D eigenvalue weighted by atomic mass is 16.5. The summed E-state index contributed by atoms with van der Waals surface area (Å²) in [6, 6.07) is 4.88. The average molecular weight is 318 g/mol. The highest BCUT2D eigenvalue weighted by Crippen LogP contribution is 2.39. The van der Waals surface area contributed by atoms with Crippen LogP contribution in [0.5, 0.6) is 11.5 Å². The van der Waals surface area contributed by atoms with Crippen LogP contribution in [0.1, 0.15) is 36.2 Å². The van der Waals surface area contributed by atoms with Crippen LogP contribution in [0.15, 0.2) is 18.2 Å². The Bertz CT molecular complexity index is 743. The lowest BCUT2D eigenvalue weighted by atomic mass is 9.88. The summed E-state index contributed by atoms with van der Waals surface area (Å²) in [5.41, 5.74) is 6.64. The topological polar surface area (TPSA) is 112 Å². The van der Waals surface area contributed by atoms with Gasteiger partial charge >= 0.3 is 5.97 Å². The minimum atomic E-state index is -0.929. The Morgan fingerprint density at radius 1 is 1.30 bits per heavy atom. The first-order valence-electron chi connectivity index (χ1n) is 7.21. The molecule has 0 bridgehead atoms. The van der Waals surface area contributed by atoms with Crippen LogP contribution in [0.4, 0.5) is 5.95 Å². The molecule has 0 saturated heterocycles. The highest BCUT2D eigenvalue weighted by Gasteiger charge is 2.35. The molecule has 2 heterocycles. The number of anilines is 1. The molecule has 0 fully saturated rings. The standard InChI is InChI=1S/C15H18N4O4/c1-22-11-6-3-8(7-12(11)23-2)9-4-5-10(14(20)21)19-13(9)17-15(16)18-19/h3,6-7,9-10H,4-5H2,1-2H3,(H2,16,18)(H,20,21). The summed E-state index contributed by atoms with van der Waals surface area (Å²) in [7, 11) is 3.15. The molecule has 2 aromatic rings. The second-order valence-corrected chi connectivity index (χ2v) is 5.37. The van der Waals surface area contributed by atoms with Crippen molar-refractivity contribution < 1.29 is 19.4 Å². The number of aliphatic carboxylic acids is 1. The maximum absolute atomic E-state index is 11.4. The SMILES string of the molecule is COc1ccc(C2CCC(C(=O)O)n3nc(N)nc32)cc1OC. The largest absolute Gasteiger partial charge is 0.493 e. The van der Waals surface area contributed by atoms with E-state index in [0.717, 1.165) is 5.56 Å². The highest BCUT2D eigenvalue weighted by molar-refractivity contribution is 5.72. The van der Waals surface area contributed by atoms with Crippen LogP contribution in [0.2, 0.25) is 0 Å². The predicted molar refractivity (Wildman–Crippen MR) is 81.7 cm³/mol. The summed E-state index contributed by atoms with van der Waals surface area (Å²) in [6.07, 6.45) is 1.11. The molecule has 8 nitrogen and oxygen atoms in total. The summed E-state index contributed by atoms with van der Waals surface area (Å²) < 4.78 is 12.0. The van der Waals surface area contributed by atoms with Gasteiger partial charge in [-0.3, -0.25) is 0 Å². The van der Waals surface area contributed by atoms with Gasteiger partial charge in [-0.1, -0.05) is 6.07 Å². The molecule has 1 aromatic heterocycles. The smallest absolute Gasteiger partial charge is 0.328 e. The van der Waals surface area contributed by atoms with Crippen LogP contribution < -0.4 is 15.2 Å². The van der Waals surface area contributed by atoms with E-state index in [1.54, 1.807) is 14.2 Å². The van der Waals surface area contributed by atoms with Crippen LogP contribution in [-0.2, 0) is 4.79 Å². The van der Waals surface area contributed by atoms with Gasteiger partial charge in [0.25, 0.3) is 0 Å². The van der Waals surface area contributed by atoms with Crippen LogP contribution in [-0.4, -0.2) is 40.1 Å². The van der Waals surface area contributed by atoms with Gasteiger partial charge in [-0.25, -0.2) is 9.48 Å². The van der Waals surface area contributed by atoms with Crippen LogP contribution >= 0.6 is 0 Å². The minimum Gasteiger partial charge on any atom is -0.493 e. The maximum Gasteiger partial charge on any atom is 0.328 e. The van der Waals surface area contributed by atoms with Crippen molar-refractivity contribution in [1.29, 1.82) is 0 Å². The molecule has 1 aliphatic rings. The monoisotopic (exact) mass is 318 g/mol. The van der Waals surface area contributed by atoms with Crippen molar-refractivity contribution in [3.05, 3.63) is 29.6 Å². The van der Waals surface area contributed by atoms with Gasteiger partial charge in [-0.2, -0.15) is 4.98 Å². The summed E-state index contributed by atoms with van der Waals surface area (Å²) in [4.78, 5) is 15.6. The fourth-order valence-electron chi connectivity index (χ4n) is 3.01. The van der Waals surface area contributed by atoms with Gasteiger partial charge < -0.3 is 20.3 Å². The minimum absolute atomic E-state index is 0.0821. The number of carbonyl (C=O) groups is 1. The molecule has 0 aliphatic carbocycles. The molecule has 0 saturated carbocycles. The first kappa shape index (κ1) is 15.1. The van der Waals surface area contributed by atoms with Crippen molar-refractivity contribution in [3.8, 4) is 11.5 Å². The molecule has 3 N–H and O–H groups in total. The van der Waals surface area contributed by atoms with Gasteiger partial charge in [0.15, 0.2) is 17.5 Å². The quantitative estimate of drug-likeness (QED) is 0.876. The zero-order chi connectivity index (χ0) is 16.6. The van der Waals surface area contributed by atoms with E-state index >= 15 is 0 Å². The van der Waals surface area contributed by atoms with E-state index in [1.807, 2.05) is 18.2 Å². The Kier molecular flexibility index (Phi) is 3.81. The molecule has 0 spiro atoms. The third-order valence-electron chi connectivity index (χ3n) is 4.10. The lowest BCUT2D eigenvalue weighted by Crippen LogP contribution is -2.28. The first-order valence-corrected chi connectivity index (χ1v) is 7.21. The number of hydrogen-bond acceptors (Lipinski definition) is 6. The molecular weight excluding hydrogens is 300 g/mol. The number of nitrogen functional groups attached to an aromatic ring is 1. The number of fused-ring (bicyclic) bond motifs is 1. The molecule has 2 unspecified atom stereocenters. The summed E-state index contributed by atoms with van der Waals surface area (Å²) in [5.74, 6) is 0.880. The number of methoxy groups -OCH3 is 2. The molecule has 8 heteroatoms. The van der Waals surface area contributed by atoms with Gasteiger partial charge in [-0.15, -0.1) is 5.10 Å². The summed E-state index contributed by atoms with van der Waals surface area (Å²) in [5, 5.41) is 13.4. The van der Waals surface area contributed by atoms with Crippen molar-refractivity contribution in [2.24, 2.45) is 0 Å². The predicted octanol–water partition coefficient (Wildman–Crippen LogP) is 1.43. The number of hydrogen-bond donors (Lipinski definition) is 2. The number of nitrogens with zero attached hydrogens (tertiary/aromatic N) is 3. The van der Waals surface area contributed by atoms with Gasteiger partial charge in [0.2, 0.25) is 5.95 Å². The fourth-order valence-corrected chi connectivity index (χ4v) is 3.01. The van der Waals surface area contributed by atoms with Crippen molar-refractivity contribution in [3.63, 3.8) is 0 Å². The van der Waals surface area contributed by atoms with Crippen LogP contribution in [0, 0.1) is 0 Å². The van der Waals surface area contributed by atoms with Gasteiger partial charge in [0.1, 0.15) is 5.82 Å². The van der Waals surface area contributed by atoms with Crippen molar-refractivity contribution in [2.75, 3.05) is 20.0 Å². The first-order chi connectivity index (χ1) is 11.0. The molecule has 122 valence electrons. The van der Waals surface area contributed by atoms with E-state index in [4.69, 9.17) is 15.2 Å². The van der Waals surface area contributed by atoms with E-state index in [-0.39, 0.29) is 11.9 Å². The lowest BCUT2D eigenvalue weighted by molar-refractivity contribution is -0.141. The third kappa shape index (κ3) is 2.56. The van der Waals surface area contributed by atoms with Crippen molar-refractivity contribution in [2.45, 2.75) is 24.8 Å². The Morgan fingerprint density at radius 3 is 2.70 bits per heavy atom. The second kappa shape index (κ2) is 5.79. The molecule has 23 heavy (non-hydrogen) atoms. The number of aromatic nitrogens is 3. The van der Waals surface area contributed by atoms with Gasteiger partial charge in [-0.05, 0) is 30.5 Å². The normalized spacial score (nSPS) is 19.9. The van der Waals surface area contributed by atoms with Crippen molar-refractivity contribution >= 4 is 11.9 Å². The molecule has 0 amide bonds. The molecule has 3 rings (SSSR count). The lowest BCUT2D eigenvalue weighted by Gasteiger charge is -2.27. The second-order valence-electron chi connectivity index (χ2n) is 5.37. The van der Waals surface area contributed by atoms with Crippen LogP contribution in [0.25, 0.3) is 0 Å². The Morgan fingerprint density at radius 2 is 2.04 bits per heavy atom. The van der Waals surface area contributed by atoms with Crippen molar-refractivity contribution in [1.82, 2.24) is 14.8 Å².